The van der Waals surface area contributed by atoms with Gasteiger partial charge in [0.2, 0.25) is 0 Å². The minimum atomic E-state index is -0.959. The van der Waals surface area contributed by atoms with E-state index in [-0.39, 0.29) is 18.1 Å². The van der Waals surface area contributed by atoms with Gasteiger partial charge in [-0.1, -0.05) is 12.5 Å². The number of halogens is 1. The molecule has 1 aromatic carbocycles. The van der Waals surface area contributed by atoms with Gasteiger partial charge in [-0.3, -0.25) is 9.69 Å². The maximum atomic E-state index is 14.8. The molecule has 1 aromatic heterocycles. The number of ether oxygens (including phenoxy) is 3. The Balaban J connectivity index is 0.991. The Morgan fingerprint density at radius 1 is 1.12 bits per heavy atom. The highest BCUT2D eigenvalue weighted by molar-refractivity contribution is 5.77. The van der Waals surface area contributed by atoms with E-state index in [9.17, 15) is 14.3 Å². The van der Waals surface area contributed by atoms with Crippen molar-refractivity contribution in [3.8, 4) is 5.75 Å². The summed E-state index contributed by atoms with van der Waals surface area (Å²) in [6.07, 6.45) is 9.75. The molecule has 3 fully saturated rings. The summed E-state index contributed by atoms with van der Waals surface area (Å²) in [5.41, 5.74) is 3.86. The second kappa shape index (κ2) is 13.0. The van der Waals surface area contributed by atoms with Crippen molar-refractivity contribution < 1.29 is 28.5 Å². The highest BCUT2D eigenvalue weighted by Gasteiger charge is 2.42. The fourth-order valence-electron chi connectivity index (χ4n) is 6.33. The van der Waals surface area contributed by atoms with Crippen molar-refractivity contribution in [2.45, 2.75) is 88.4 Å². The number of nitrogens with one attached hydrogen (secondary N) is 1. The molecule has 0 bridgehead atoms. The van der Waals surface area contributed by atoms with Gasteiger partial charge in [0.05, 0.1) is 19.3 Å². The van der Waals surface area contributed by atoms with Crippen LogP contribution in [0, 0.1) is 5.82 Å². The van der Waals surface area contributed by atoms with E-state index in [1.807, 2.05) is 4.90 Å². The van der Waals surface area contributed by atoms with Crippen LogP contribution in [0.15, 0.2) is 24.3 Å². The first-order valence-corrected chi connectivity index (χ1v) is 15.4. The summed E-state index contributed by atoms with van der Waals surface area (Å²) in [4.78, 5) is 19.2. The van der Waals surface area contributed by atoms with Gasteiger partial charge in [-0.15, -0.1) is 0 Å². The first kappa shape index (κ1) is 28.4. The third-order valence-corrected chi connectivity index (χ3v) is 8.74. The molecule has 41 heavy (non-hydrogen) atoms. The number of carboxylic acid groups (broad SMARTS) is 1. The second-order valence-corrected chi connectivity index (χ2v) is 11.9. The lowest BCUT2D eigenvalue weighted by molar-refractivity contribution is -0.151. The van der Waals surface area contributed by atoms with Crippen molar-refractivity contribution >= 4 is 11.8 Å². The summed E-state index contributed by atoms with van der Waals surface area (Å²) in [5.74, 6) is 0.378. The Labute approximate surface area is 241 Å². The fourth-order valence-corrected chi connectivity index (χ4v) is 6.33. The van der Waals surface area contributed by atoms with E-state index < -0.39 is 17.8 Å². The second-order valence-electron chi connectivity index (χ2n) is 11.9. The molecule has 3 aliphatic heterocycles. The van der Waals surface area contributed by atoms with Gasteiger partial charge in [-0.25, -0.2) is 9.37 Å². The van der Waals surface area contributed by atoms with Gasteiger partial charge < -0.3 is 24.6 Å². The third-order valence-electron chi connectivity index (χ3n) is 8.74. The van der Waals surface area contributed by atoms with Gasteiger partial charge in [-0.2, -0.15) is 0 Å². The summed E-state index contributed by atoms with van der Waals surface area (Å²) in [7, 11) is 0. The normalized spacial score (nSPS) is 20.6. The predicted molar refractivity (Wildman–Crippen MR) is 153 cm³/mol. The van der Waals surface area contributed by atoms with E-state index in [4.69, 9.17) is 19.2 Å². The van der Waals surface area contributed by atoms with Crippen LogP contribution in [-0.4, -0.2) is 72.6 Å². The molecule has 2 aromatic rings. The van der Waals surface area contributed by atoms with Gasteiger partial charge >= 0.3 is 5.97 Å². The van der Waals surface area contributed by atoms with Crippen LogP contribution in [0.3, 0.4) is 0 Å². The van der Waals surface area contributed by atoms with Gasteiger partial charge in [0.15, 0.2) is 0 Å². The minimum Gasteiger partial charge on any atom is -0.490 e. The molecule has 1 atom stereocenters. The third kappa shape index (κ3) is 7.01. The highest BCUT2D eigenvalue weighted by Crippen LogP contribution is 2.49. The molecule has 222 valence electrons. The molecule has 4 heterocycles. The van der Waals surface area contributed by atoms with Crippen LogP contribution < -0.4 is 10.1 Å². The summed E-state index contributed by atoms with van der Waals surface area (Å²) >= 11 is 0. The van der Waals surface area contributed by atoms with Crippen LogP contribution in [0.25, 0.3) is 0 Å². The molecule has 9 heteroatoms. The summed E-state index contributed by atoms with van der Waals surface area (Å²) in [6, 6.07) is 6.29. The van der Waals surface area contributed by atoms with E-state index >= 15 is 0 Å². The topological polar surface area (TPSA) is 93.2 Å². The Kier molecular flexibility index (Phi) is 9.03. The van der Waals surface area contributed by atoms with Crippen molar-refractivity contribution in [2.75, 3.05) is 44.8 Å². The van der Waals surface area contributed by atoms with E-state index in [0.29, 0.717) is 44.2 Å². The quantitative estimate of drug-likeness (QED) is 0.317. The molecule has 1 aliphatic carbocycles. The van der Waals surface area contributed by atoms with Crippen LogP contribution in [0.2, 0.25) is 0 Å². The lowest BCUT2D eigenvalue weighted by atomic mass is 9.92. The number of nitrogens with zero attached hydrogens (tertiary/aromatic N) is 2. The largest absolute Gasteiger partial charge is 0.490 e. The van der Waals surface area contributed by atoms with Gasteiger partial charge in [0.1, 0.15) is 29.5 Å². The standard InChI is InChI=1S/C32H42FN3O5/c33-23-17-27(29(21-7-8-21)28(18-23)41-25-11-15-39-16-12-25)30(32(37)38)36-19-26(20-36)40-14-3-1-2-6-24-10-9-22-5-4-13-34-31(22)35-24/h9-10,17-18,21,25-26,30H,1-8,11-16,19-20H2,(H,34,35)(H,37,38). The van der Waals surface area contributed by atoms with E-state index in [1.54, 1.807) is 0 Å². The number of fused-ring (bicyclic) bond motifs is 1. The predicted octanol–water partition coefficient (Wildman–Crippen LogP) is 5.25. The van der Waals surface area contributed by atoms with Crippen LogP contribution in [0.4, 0.5) is 10.2 Å². The summed E-state index contributed by atoms with van der Waals surface area (Å²) < 4.78 is 32.6. The number of hydrogen-bond donors (Lipinski definition) is 2. The average Bonchev–Trinajstić information content (AvgIpc) is 3.78. The summed E-state index contributed by atoms with van der Waals surface area (Å²) in [5, 5.41) is 13.6. The van der Waals surface area contributed by atoms with Gasteiger partial charge in [0, 0.05) is 56.4 Å². The number of pyridine rings is 1. The fraction of sp³-hybridized carbons (Fsp3) is 0.625. The lowest BCUT2D eigenvalue weighted by Gasteiger charge is -2.43. The monoisotopic (exact) mass is 567 g/mol. The number of carboxylic acids is 1. The lowest BCUT2D eigenvalue weighted by Crippen LogP contribution is -2.55. The van der Waals surface area contributed by atoms with Crippen LogP contribution in [0.1, 0.15) is 85.7 Å². The number of likely N-dealkylation sites (tertiary alicyclic amines) is 1. The van der Waals surface area contributed by atoms with Crippen molar-refractivity contribution in [1.82, 2.24) is 9.88 Å². The molecule has 1 unspecified atom stereocenters. The molecule has 6 rings (SSSR count). The Bertz CT molecular complexity index is 1210. The van der Waals surface area contributed by atoms with E-state index in [2.05, 4.69) is 17.4 Å². The number of aryl methyl sites for hydroxylation is 2. The van der Waals surface area contributed by atoms with Crippen LogP contribution in [-0.2, 0) is 27.1 Å². The number of hydrogen-bond acceptors (Lipinski definition) is 7. The molecule has 8 nitrogen and oxygen atoms in total. The van der Waals surface area contributed by atoms with E-state index in [1.165, 1.54) is 24.1 Å². The zero-order valence-electron chi connectivity index (χ0n) is 23.8. The maximum Gasteiger partial charge on any atom is 0.325 e. The number of unbranched alkanes of at least 4 members (excludes halogenated alkanes) is 2. The van der Waals surface area contributed by atoms with Crippen molar-refractivity contribution in [1.29, 1.82) is 0 Å². The number of aromatic nitrogens is 1. The first-order valence-electron chi connectivity index (χ1n) is 15.4. The summed E-state index contributed by atoms with van der Waals surface area (Å²) in [6.45, 7) is 3.97. The number of benzene rings is 1. The molecule has 2 N–H and O–H groups in total. The number of carbonyl (C=O) groups is 1. The highest BCUT2D eigenvalue weighted by atomic mass is 19.1. The Hall–Kier alpha value is -2.75. The number of rotatable bonds is 13. The molecular formula is C32H42FN3O5. The molecule has 4 aliphatic rings. The van der Waals surface area contributed by atoms with Gasteiger partial charge in [0.25, 0.3) is 0 Å². The number of anilines is 1. The van der Waals surface area contributed by atoms with Crippen molar-refractivity contribution in [3.63, 3.8) is 0 Å². The van der Waals surface area contributed by atoms with Crippen molar-refractivity contribution in [3.05, 3.63) is 52.5 Å². The zero-order chi connectivity index (χ0) is 28.2. The van der Waals surface area contributed by atoms with Gasteiger partial charge in [-0.05, 0) is 74.1 Å². The molecule has 0 radical (unpaired) electrons. The zero-order valence-corrected chi connectivity index (χ0v) is 23.8. The average molecular weight is 568 g/mol. The molecule has 0 amide bonds. The molecule has 2 saturated heterocycles. The first-order chi connectivity index (χ1) is 20.0. The molecule has 0 spiro atoms. The maximum absolute atomic E-state index is 14.8. The SMILES string of the molecule is O=C(O)C(c1cc(F)cc(OC2CCOCC2)c1C1CC1)N1CC(OCCCCCc2ccc3c(n2)NCCC3)C1. The number of aliphatic carboxylic acids is 1. The molecular weight excluding hydrogens is 525 g/mol. The smallest absolute Gasteiger partial charge is 0.325 e. The van der Waals surface area contributed by atoms with Crippen LogP contribution >= 0.6 is 0 Å². The van der Waals surface area contributed by atoms with Crippen LogP contribution in [0.5, 0.6) is 5.75 Å². The van der Waals surface area contributed by atoms with E-state index in [0.717, 1.165) is 81.4 Å². The Morgan fingerprint density at radius 3 is 2.73 bits per heavy atom. The Morgan fingerprint density at radius 2 is 1.95 bits per heavy atom. The van der Waals surface area contributed by atoms with Crippen molar-refractivity contribution in [2.24, 2.45) is 0 Å². The molecule has 1 saturated carbocycles. The minimum absolute atomic E-state index is 0.00105.